The van der Waals surface area contributed by atoms with Crippen molar-refractivity contribution in [1.29, 1.82) is 0 Å². The number of hydrogen-bond acceptors (Lipinski definition) is 3. The van der Waals surface area contributed by atoms with Gasteiger partial charge in [-0.25, -0.2) is 4.98 Å². The number of hydrogen-bond donors (Lipinski definition) is 0. The van der Waals surface area contributed by atoms with Crippen LogP contribution in [0.25, 0.3) is 0 Å². The largest absolute Gasteiger partial charge is 0.353 e. The lowest BCUT2D eigenvalue weighted by molar-refractivity contribution is 0.112. The second-order valence-corrected chi connectivity index (χ2v) is 5.74. The number of rotatable bonds is 2. The minimum absolute atomic E-state index is 0.509. The average molecular weight is 246 g/mol. The van der Waals surface area contributed by atoms with Gasteiger partial charge in [-0.1, -0.05) is 13.8 Å². The first-order valence-electron chi connectivity index (χ1n) is 6.71. The van der Waals surface area contributed by atoms with Gasteiger partial charge in [0.15, 0.2) is 6.29 Å². The first-order chi connectivity index (χ1) is 8.52. The number of piperidine rings is 1. The summed E-state index contributed by atoms with van der Waals surface area (Å²) in [4.78, 5) is 17.6. The number of pyridine rings is 1. The third-order valence-corrected chi connectivity index (χ3v) is 4.08. The first kappa shape index (κ1) is 13.1. The molecule has 3 nitrogen and oxygen atoms in total. The second-order valence-electron chi connectivity index (χ2n) is 5.74. The maximum atomic E-state index is 10.8. The molecule has 0 aliphatic carbocycles. The van der Waals surface area contributed by atoms with E-state index < -0.39 is 0 Å². The SMILES string of the molecule is Cc1cc(C=O)cnc1N1CC(C)CC(C)C1C. The molecule has 2 rings (SSSR count). The van der Waals surface area contributed by atoms with Crippen molar-refractivity contribution in [3.63, 3.8) is 0 Å². The van der Waals surface area contributed by atoms with E-state index in [2.05, 4.69) is 30.7 Å². The van der Waals surface area contributed by atoms with Crippen molar-refractivity contribution in [1.82, 2.24) is 4.98 Å². The van der Waals surface area contributed by atoms with Gasteiger partial charge in [0.1, 0.15) is 5.82 Å². The van der Waals surface area contributed by atoms with Gasteiger partial charge >= 0.3 is 0 Å². The summed E-state index contributed by atoms with van der Waals surface area (Å²) in [5.74, 6) is 2.41. The highest BCUT2D eigenvalue weighted by atomic mass is 16.1. The summed E-state index contributed by atoms with van der Waals surface area (Å²) in [6, 6.07) is 2.43. The molecule has 1 aromatic heterocycles. The zero-order chi connectivity index (χ0) is 13.3. The Morgan fingerprint density at radius 1 is 1.39 bits per heavy atom. The molecule has 1 fully saturated rings. The number of carbonyl (C=O) groups is 1. The van der Waals surface area contributed by atoms with Gasteiger partial charge in [-0.15, -0.1) is 0 Å². The van der Waals surface area contributed by atoms with E-state index >= 15 is 0 Å². The molecule has 98 valence electrons. The Labute approximate surface area is 109 Å². The third kappa shape index (κ3) is 2.40. The highest BCUT2D eigenvalue weighted by molar-refractivity contribution is 5.75. The molecule has 0 aromatic carbocycles. The Bertz CT molecular complexity index is 444. The van der Waals surface area contributed by atoms with Crippen molar-refractivity contribution in [2.24, 2.45) is 11.8 Å². The Morgan fingerprint density at radius 3 is 2.72 bits per heavy atom. The number of carbonyl (C=O) groups excluding carboxylic acids is 1. The highest BCUT2D eigenvalue weighted by Gasteiger charge is 2.30. The molecule has 1 saturated heterocycles. The molecule has 0 spiro atoms. The maximum Gasteiger partial charge on any atom is 0.151 e. The van der Waals surface area contributed by atoms with Crippen LogP contribution in [0, 0.1) is 18.8 Å². The molecule has 2 heterocycles. The van der Waals surface area contributed by atoms with Gasteiger partial charge in [0, 0.05) is 24.3 Å². The average Bonchev–Trinajstić information content (AvgIpc) is 2.34. The van der Waals surface area contributed by atoms with Crippen LogP contribution in [-0.4, -0.2) is 23.9 Å². The smallest absolute Gasteiger partial charge is 0.151 e. The van der Waals surface area contributed by atoms with Crippen LogP contribution in [0.15, 0.2) is 12.3 Å². The summed E-state index contributed by atoms with van der Waals surface area (Å²) >= 11 is 0. The van der Waals surface area contributed by atoms with Crippen LogP contribution in [-0.2, 0) is 0 Å². The summed E-state index contributed by atoms with van der Waals surface area (Å²) in [6.45, 7) is 9.96. The van der Waals surface area contributed by atoms with Crippen molar-refractivity contribution < 1.29 is 4.79 Å². The molecule has 0 saturated carbocycles. The van der Waals surface area contributed by atoms with Crippen molar-refractivity contribution in [3.8, 4) is 0 Å². The second kappa shape index (κ2) is 5.09. The molecule has 3 heteroatoms. The van der Waals surface area contributed by atoms with Crippen LogP contribution in [0.2, 0.25) is 0 Å². The quantitative estimate of drug-likeness (QED) is 0.752. The number of aromatic nitrogens is 1. The van der Waals surface area contributed by atoms with Crippen molar-refractivity contribution in [3.05, 3.63) is 23.4 Å². The van der Waals surface area contributed by atoms with E-state index in [4.69, 9.17) is 0 Å². The minimum atomic E-state index is 0.509. The van der Waals surface area contributed by atoms with E-state index in [1.165, 1.54) is 6.42 Å². The van der Waals surface area contributed by atoms with E-state index in [1.807, 2.05) is 13.0 Å². The molecular formula is C15H22N2O. The Kier molecular flexibility index (Phi) is 3.69. The monoisotopic (exact) mass is 246 g/mol. The summed E-state index contributed by atoms with van der Waals surface area (Å²) in [7, 11) is 0. The van der Waals surface area contributed by atoms with Crippen LogP contribution in [0.3, 0.4) is 0 Å². The molecule has 1 aromatic rings. The van der Waals surface area contributed by atoms with Crippen LogP contribution >= 0.6 is 0 Å². The fourth-order valence-electron chi connectivity index (χ4n) is 2.95. The van der Waals surface area contributed by atoms with Gasteiger partial charge in [-0.2, -0.15) is 0 Å². The van der Waals surface area contributed by atoms with E-state index in [1.54, 1.807) is 6.20 Å². The summed E-state index contributed by atoms with van der Waals surface area (Å²) in [6.07, 6.45) is 3.81. The molecule has 1 aliphatic heterocycles. The van der Waals surface area contributed by atoms with Gasteiger partial charge in [0.2, 0.25) is 0 Å². The molecule has 0 amide bonds. The van der Waals surface area contributed by atoms with Gasteiger partial charge < -0.3 is 4.90 Å². The number of aryl methyl sites for hydroxylation is 1. The van der Waals surface area contributed by atoms with Gasteiger partial charge in [0.25, 0.3) is 0 Å². The molecular weight excluding hydrogens is 224 g/mol. The lowest BCUT2D eigenvalue weighted by atomic mass is 9.86. The van der Waals surface area contributed by atoms with Crippen LogP contribution in [0.1, 0.15) is 43.1 Å². The molecule has 3 atom stereocenters. The number of nitrogens with zero attached hydrogens (tertiary/aromatic N) is 2. The molecule has 0 N–H and O–H groups in total. The third-order valence-electron chi connectivity index (χ3n) is 4.08. The van der Waals surface area contributed by atoms with Crippen molar-refractivity contribution in [2.75, 3.05) is 11.4 Å². The van der Waals surface area contributed by atoms with Gasteiger partial charge in [0.05, 0.1) is 0 Å². The predicted molar refractivity (Wildman–Crippen MR) is 74.1 cm³/mol. The van der Waals surface area contributed by atoms with Crippen LogP contribution < -0.4 is 4.90 Å². The van der Waals surface area contributed by atoms with E-state index in [0.717, 1.165) is 24.2 Å². The lowest BCUT2D eigenvalue weighted by Crippen LogP contribution is -2.46. The lowest BCUT2D eigenvalue weighted by Gasteiger charge is -2.42. The maximum absolute atomic E-state index is 10.8. The highest BCUT2D eigenvalue weighted by Crippen LogP contribution is 2.31. The van der Waals surface area contributed by atoms with Gasteiger partial charge in [-0.05, 0) is 43.7 Å². The molecule has 3 unspecified atom stereocenters. The first-order valence-corrected chi connectivity index (χ1v) is 6.71. The summed E-state index contributed by atoms with van der Waals surface area (Å²) < 4.78 is 0. The van der Waals surface area contributed by atoms with Crippen LogP contribution in [0.5, 0.6) is 0 Å². The predicted octanol–water partition coefficient (Wildman–Crippen LogP) is 3.07. The van der Waals surface area contributed by atoms with Crippen LogP contribution in [0.4, 0.5) is 5.82 Å². The molecule has 0 bridgehead atoms. The fraction of sp³-hybridized carbons (Fsp3) is 0.600. The number of aldehydes is 1. The van der Waals surface area contributed by atoms with E-state index in [0.29, 0.717) is 23.4 Å². The molecule has 0 radical (unpaired) electrons. The van der Waals surface area contributed by atoms with E-state index in [-0.39, 0.29) is 0 Å². The van der Waals surface area contributed by atoms with Crippen molar-refractivity contribution in [2.45, 2.75) is 40.2 Å². The van der Waals surface area contributed by atoms with Crippen molar-refractivity contribution >= 4 is 12.1 Å². The topological polar surface area (TPSA) is 33.2 Å². The standard InChI is InChI=1S/C15H22N2O/c1-10-5-11(2)13(4)17(8-10)15-12(3)6-14(9-18)7-16-15/h6-7,9-11,13H,5,8H2,1-4H3. The van der Waals surface area contributed by atoms with Gasteiger partial charge in [-0.3, -0.25) is 4.79 Å². The zero-order valence-corrected chi connectivity index (χ0v) is 11.7. The Hall–Kier alpha value is -1.38. The summed E-state index contributed by atoms with van der Waals surface area (Å²) in [5, 5.41) is 0. The molecule has 1 aliphatic rings. The minimum Gasteiger partial charge on any atom is -0.353 e. The molecule has 18 heavy (non-hydrogen) atoms. The Morgan fingerprint density at radius 2 is 2.11 bits per heavy atom. The zero-order valence-electron chi connectivity index (χ0n) is 11.7. The number of anilines is 1. The fourth-order valence-corrected chi connectivity index (χ4v) is 2.95. The normalized spacial score (nSPS) is 28.2. The van der Waals surface area contributed by atoms with E-state index in [9.17, 15) is 4.79 Å². The summed E-state index contributed by atoms with van der Waals surface area (Å²) in [5.41, 5.74) is 1.75. The Balaban J connectivity index is 2.32.